The second kappa shape index (κ2) is 14.9. The molecular formula is C36H28BrN3O6S. The van der Waals surface area contributed by atoms with Crippen molar-refractivity contribution in [2.24, 2.45) is 0 Å². The van der Waals surface area contributed by atoms with Crippen LogP contribution in [0.4, 0.5) is 11.4 Å². The lowest BCUT2D eigenvalue weighted by Crippen LogP contribution is -2.30. The van der Waals surface area contributed by atoms with E-state index in [0.717, 1.165) is 14.9 Å². The Balaban J connectivity index is 1.10. The fourth-order valence-corrected chi connectivity index (χ4v) is 5.55. The Morgan fingerprint density at radius 3 is 2.26 bits per heavy atom. The third kappa shape index (κ3) is 8.51. The van der Waals surface area contributed by atoms with Crippen LogP contribution in [0.15, 0.2) is 129 Å². The zero-order valence-corrected chi connectivity index (χ0v) is 27.2. The van der Waals surface area contributed by atoms with Crippen LogP contribution in [0, 0.1) is 0 Å². The minimum absolute atomic E-state index is 0.00446. The van der Waals surface area contributed by atoms with Crippen molar-refractivity contribution in [2.75, 3.05) is 29.6 Å². The molecule has 0 saturated carbocycles. The van der Waals surface area contributed by atoms with Gasteiger partial charge in [0.15, 0.2) is 11.5 Å². The summed E-state index contributed by atoms with van der Waals surface area (Å²) in [6, 6.07) is 32.2. The number of carbonyl (C=O) groups is 3. The molecule has 4 aromatic carbocycles. The highest BCUT2D eigenvalue weighted by atomic mass is 79.9. The van der Waals surface area contributed by atoms with Crippen molar-refractivity contribution in [3.63, 3.8) is 0 Å². The molecule has 236 valence electrons. The fraction of sp³-hybridized carbons (Fsp3) is 0.0833. The smallest absolute Gasteiger partial charge is 0.272 e. The predicted octanol–water partition coefficient (Wildman–Crippen LogP) is 7.62. The molecule has 1 aromatic heterocycles. The highest BCUT2D eigenvalue weighted by Crippen LogP contribution is 2.33. The summed E-state index contributed by atoms with van der Waals surface area (Å²) in [4.78, 5) is 39.8. The number of ether oxygens (including phenoxy) is 2. The molecule has 0 saturated heterocycles. The molecule has 2 heterocycles. The zero-order valence-electron chi connectivity index (χ0n) is 24.8. The maximum atomic E-state index is 13.4. The van der Waals surface area contributed by atoms with E-state index in [1.807, 2.05) is 24.3 Å². The summed E-state index contributed by atoms with van der Waals surface area (Å²) < 4.78 is 18.0. The average molecular weight is 711 g/mol. The van der Waals surface area contributed by atoms with E-state index in [-0.39, 0.29) is 17.4 Å². The van der Waals surface area contributed by atoms with Gasteiger partial charge in [0.05, 0.1) is 5.75 Å². The van der Waals surface area contributed by atoms with Crippen molar-refractivity contribution in [1.29, 1.82) is 0 Å². The van der Waals surface area contributed by atoms with Crippen molar-refractivity contribution in [3.8, 4) is 22.8 Å². The van der Waals surface area contributed by atoms with Gasteiger partial charge >= 0.3 is 0 Å². The van der Waals surface area contributed by atoms with Gasteiger partial charge in [-0.25, -0.2) is 0 Å². The Hall–Kier alpha value is -5.26. The minimum atomic E-state index is -0.532. The molecule has 3 N–H and O–H groups in total. The van der Waals surface area contributed by atoms with Gasteiger partial charge < -0.3 is 29.8 Å². The second-order valence-corrected chi connectivity index (χ2v) is 12.2. The first-order chi connectivity index (χ1) is 22.9. The van der Waals surface area contributed by atoms with Gasteiger partial charge in [0, 0.05) is 44.0 Å². The lowest BCUT2D eigenvalue weighted by Gasteiger charge is -2.19. The molecule has 0 radical (unpaired) electrons. The van der Waals surface area contributed by atoms with Gasteiger partial charge in [0.25, 0.3) is 11.8 Å². The summed E-state index contributed by atoms with van der Waals surface area (Å²) in [5, 5.41) is 8.42. The van der Waals surface area contributed by atoms with E-state index in [1.54, 1.807) is 84.9 Å². The second-order valence-electron chi connectivity index (χ2n) is 10.3. The fourth-order valence-electron chi connectivity index (χ4n) is 4.58. The molecule has 0 fully saturated rings. The number of rotatable bonds is 10. The highest BCUT2D eigenvalue weighted by Gasteiger charge is 2.17. The summed E-state index contributed by atoms with van der Waals surface area (Å²) in [5.41, 5.74) is 2.41. The van der Waals surface area contributed by atoms with Crippen molar-refractivity contribution >= 4 is 62.9 Å². The van der Waals surface area contributed by atoms with Crippen LogP contribution in [-0.2, 0) is 9.59 Å². The number of nitrogens with one attached hydrogen (secondary N) is 3. The third-order valence-electron chi connectivity index (χ3n) is 6.88. The zero-order chi connectivity index (χ0) is 32.6. The molecule has 1 aliphatic heterocycles. The normalized spacial score (nSPS) is 12.2. The maximum Gasteiger partial charge on any atom is 0.272 e. The largest absolute Gasteiger partial charge is 0.486 e. The number of hydrogen-bond donors (Lipinski definition) is 3. The quantitative estimate of drug-likeness (QED) is 0.101. The molecule has 0 bridgehead atoms. The van der Waals surface area contributed by atoms with Crippen molar-refractivity contribution in [2.45, 2.75) is 4.90 Å². The third-order valence-corrected chi connectivity index (χ3v) is 8.42. The minimum Gasteiger partial charge on any atom is -0.486 e. The summed E-state index contributed by atoms with van der Waals surface area (Å²) in [6.45, 7) is 0.967. The topological polar surface area (TPSA) is 119 Å². The standard InChI is InChI=1S/C36H28BrN3O6S/c37-25-8-6-23(7-9-25)31-17-13-28(46-31)21-30(40-35(42)24-4-2-1-3-5-24)36(43)39-26-10-14-29(15-11-26)47-22-34(41)38-27-12-16-32-33(20-27)45-19-18-44-32/h1-17,20-21H,18-19,22H2,(H,38,41)(H,39,43)(H,40,42)/b30-21-. The highest BCUT2D eigenvalue weighted by molar-refractivity contribution is 9.10. The van der Waals surface area contributed by atoms with Crippen molar-refractivity contribution < 1.29 is 28.3 Å². The molecule has 1 aliphatic rings. The SMILES string of the molecule is O=C(CSc1ccc(NC(=O)/C(=C/c2ccc(-c3ccc(Br)cc3)o2)NC(=O)c2ccccc2)cc1)Nc1ccc2c(c1)OCCO2. The summed E-state index contributed by atoms with van der Waals surface area (Å²) >= 11 is 4.79. The number of amides is 3. The Morgan fingerprint density at radius 2 is 1.49 bits per heavy atom. The molecule has 9 nitrogen and oxygen atoms in total. The first-order valence-electron chi connectivity index (χ1n) is 14.6. The van der Waals surface area contributed by atoms with Crippen LogP contribution in [0.3, 0.4) is 0 Å². The van der Waals surface area contributed by atoms with Gasteiger partial charge in [-0.1, -0.05) is 46.3 Å². The molecule has 0 spiro atoms. The summed E-state index contributed by atoms with van der Waals surface area (Å²) in [7, 11) is 0. The number of carbonyl (C=O) groups excluding carboxylic acids is 3. The number of anilines is 2. The predicted molar refractivity (Wildman–Crippen MR) is 186 cm³/mol. The molecule has 3 amide bonds. The van der Waals surface area contributed by atoms with E-state index < -0.39 is 11.8 Å². The first kappa shape index (κ1) is 31.7. The molecule has 6 rings (SSSR count). The summed E-state index contributed by atoms with van der Waals surface area (Å²) in [6.07, 6.45) is 1.49. The van der Waals surface area contributed by atoms with Gasteiger partial charge in [0.2, 0.25) is 5.91 Å². The van der Waals surface area contributed by atoms with Crippen molar-refractivity contribution in [1.82, 2.24) is 5.32 Å². The molecule has 11 heteroatoms. The van der Waals surface area contributed by atoms with Crippen molar-refractivity contribution in [3.05, 3.63) is 131 Å². The van der Waals surface area contributed by atoms with Crippen LogP contribution in [0.5, 0.6) is 11.5 Å². The van der Waals surface area contributed by atoms with E-state index in [0.29, 0.717) is 53.2 Å². The number of fused-ring (bicyclic) bond motifs is 1. The molecule has 0 atom stereocenters. The lowest BCUT2D eigenvalue weighted by molar-refractivity contribution is -0.114. The van der Waals surface area contributed by atoms with E-state index in [4.69, 9.17) is 13.9 Å². The number of hydrogen-bond acceptors (Lipinski definition) is 7. The van der Waals surface area contributed by atoms with Gasteiger partial charge in [-0.3, -0.25) is 14.4 Å². The lowest BCUT2D eigenvalue weighted by atomic mass is 10.2. The van der Waals surface area contributed by atoms with Gasteiger partial charge in [-0.15, -0.1) is 11.8 Å². The maximum absolute atomic E-state index is 13.4. The monoisotopic (exact) mass is 709 g/mol. The van der Waals surface area contributed by atoms with Gasteiger partial charge in [-0.2, -0.15) is 0 Å². The van der Waals surface area contributed by atoms with E-state index >= 15 is 0 Å². The van der Waals surface area contributed by atoms with Crippen LogP contribution in [0.1, 0.15) is 16.1 Å². The average Bonchev–Trinajstić information content (AvgIpc) is 3.57. The Labute approximate surface area is 283 Å². The van der Waals surface area contributed by atoms with Gasteiger partial charge in [-0.05, 0) is 72.8 Å². The van der Waals surface area contributed by atoms with Crippen LogP contribution in [0.25, 0.3) is 17.4 Å². The van der Waals surface area contributed by atoms with Crippen LogP contribution in [0.2, 0.25) is 0 Å². The first-order valence-corrected chi connectivity index (χ1v) is 16.3. The van der Waals surface area contributed by atoms with Gasteiger partial charge in [0.1, 0.15) is 30.4 Å². The van der Waals surface area contributed by atoms with E-state index in [1.165, 1.54) is 17.8 Å². The Kier molecular flexibility index (Phi) is 10.0. The van der Waals surface area contributed by atoms with Crippen LogP contribution >= 0.6 is 27.7 Å². The van der Waals surface area contributed by atoms with Crippen LogP contribution < -0.4 is 25.4 Å². The van der Waals surface area contributed by atoms with E-state index in [9.17, 15) is 14.4 Å². The molecule has 0 unspecified atom stereocenters. The molecule has 47 heavy (non-hydrogen) atoms. The number of benzene rings is 4. The Bertz CT molecular complexity index is 1920. The number of halogens is 1. The van der Waals surface area contributed by atoms with Crippen LogP contribution in [-0.4, -0.2) is 36.7 Å². The number of thioether (sulfide) groups is 1. The molecular weight excluding hydrogens is 682 g/mol. The number of furan rings is 1. The molecule has 5 aromatic rings. The van der Waals surface area contributed by atoms with E-state index in [2.05, 4.69) is 31.9 Å². The molecule has 0 aliphatic carbocycles. The summed E-state index contributed by atoms with van der Waals surface area (Å²) in [5.74, 6) is 1.31. The Morgan fingerprint density at radius 1 is 0.766 bits per heavy atom.